The summed E-state index contributed by atoms with van der Waals surface area (Å²) in [5.41, 5.74) is 7.41. The van der Waals surface area contributed by atoms with Gasteiger partial charge in [0.15, 0.2) is 0 Å². The number of aromatic amines is 1. The van der Waals surface area contributed by atoms with Crippen LogP contribution in [0.1, 0.15) is 12.8 Å². The van der Waals surface area contributed by atoms with Crippen molar-refractivity contribution in [1.29, 1.82) is 0 Å². The van der Waals surface area contributed by atoms with Crippen LogP contribution < -0.4 is 10.6 Å². The Hall–Kier alpha value is -1.62. The van der Waals surface area contributed by atoms with Crippen molar-refractivity contribution in [2.24, 2.45) is 5.73 Å². The van der Waals surface area contributed by atoms with Gasteiger partial charge in [0.1, 0.15) is 5.82 Å². The number of nitrogens with zero attached hydrogens (tertiary/aromatic N) is 2. The molecule has 0 spiro atoms. The molecule has 4 nitrogen and oxygen atoms in total. The Morgan fingerprint density at radius 3 is 2.88 bits per heavy atom. The lowest BCUT2D eigenvalue weighted by Crippen LogP contribution is -2.40. The highest BCUT2D eigenvalue weighted by Gasteiger charge is 2.18. The molecule has 1 saturated heterocycles. The molecule has 0 bridgehead atoms. The lowest BCUT2D eigenvalue weighted by atomic mass is 10.1. The van der Waals surface area contributed by atoms with Gasteiger partial charge in [-0.3, -0.25) is 0 Å². The highest BCUT2D eigenvalue weighted by atomic mass is 19.1. The summed E-state index contributed by atoms with van der Waals surface area (Å²) in [5.74, 6) is 0.575. The van der Waals surface area contributed by atoms with Crippen LogP contribution in [0.25, 0.3) is 11.0 Å². The molecule has 5 heteroatoms. The summed E-state index contributed by atoms with van der Waals surface area (Å²) in [6.45, 7) is 1.81. The number of nitrogens with one attached hydrogen (secondary N) is 1. The largest absolute Gasteiger partial charge is 0.342 e. The van der Waals surface area contributed by atoms with E-state index in [2.05, 4.69) is 14.9 Å². The normalized spacial score (nSPS) is 17.9. The fraction of sp³-hybridized carbons (Fsp3) is 0.417. The average molecular weight is 234 g/mol. The average Bonchev–Trinajstić information content (AvgIpc) is 2.72. The number of nitrogens with two attached hydrogens (primary N) is 1. The van der Waals surface area contributed by atoms with Crippen LogP contribution >= 0.6 is 0 Å². The van der Waals surface area contributed by atoms with Crippen LogP contribution in [0, 0.1) is 5.82 Å². The summed E-state index contributed by atoms with van der Waals surface area (Å²) in [7, 11) is 0. The number of halogens is 1. The third-order valence-corrected chi connectivity index (χ3v) is 3.27. The van der Waals surface area contributed by atoms with Gasteiger partial charge in [-0.25, -0.2) is 9.37 Å². The molecule has 2 heterocycles. The van der Waals surface area contributed by atoms with Crippen LogP contribution in [0.3, 0.4) is 0 Å². The van der Waals surface area contributed by atoms with Crippen molar-refractivity contribution in [3.8, 4) is 0 Å². The molecule has 0 amide bonds. The van der Waals surface area contributed by atoms with E-state index in [0.717, 1.165) is 42.9 Å². The molecule has 0 aliphatic carbocycles. The number of hydrogen-bond acceptors (Lipinski definition) is 3. The second-order valence-electron chi connectivity index (χ2n) is 4.55. The van der Waals surface area contributed by atoms with Crippen molar-refractivity contribution in [1.82, 2.24) is 9.97 Å². The molecule has 1 aromatic heterocycles. The van der Waals surface area contributed by atoms with E-state index in [9.17, 15) is 4.39 Å². The van der Waals surface area contributed by atoms with Crippen molar-refractivity contribution in [3.05, 3.63) is 24.0 Å². The van der Waals surface area contributed by atoms with Gasteiger partial charge in [0.25, 0.3) is 0 Å². The Morgan fingerprint density at radius 1 is 1.35 bits per heavy atom. The minimum atomic E-state index is -0.242. The second kappa shape index (κ2) is 4.00. The molecule has 1 aliphatic heterocycles. The summed E-state index contributed by atoms with van der Waals surface area (Å²) >= 11 is 0. The highest BCUT2D eigenvalue weighted by Crippen LogP contribution is 2.21. The van der Waals surface area contributed by atoms with Crippen LogP contribution in [-0.4, -0.2) is 29.1 Å². The molecule has 0 saturated carbocycles. The number of fused-ring (bicyclic) bond motifs is 1. The lowest BCUT2D eigenvalue weighted by Gasteiger charge is -2.29. The maximum atomic E-state index is 13.1. The first-order valence-corrected chi connectivity index (χ1v) is 5.88. The van der Waals surface area contributed by atoms with Gasteiger partial charge < -0.3 is 15.6 Å². The van der Waals surface area contributed by atoms with Crippen molar-refractivity contribution < 1.29 is 4.39 Å². The van der Waals surface area contributed by atoms with Gasteiger partial charge in [0.05, 0.1) is 11.0 Å². The predicted molar refractivity (Wildman–Crippen MR) is 65.5 cm³/mol. The third kappa shape index (κ3) is 1.98. The molecule has 90 valence electrons. The first-order chi connectivity index (χ1) is 8.22. The zero-order chi connectivity index (χ0) is 11.8. The van der Waals surface area contributed by atoms with Gasteiger partial charge in [-0.2, -0.15) is 0 Å². The van der Waals surface area contributed by atoms with E-state index in [4.69, 9.17) is 5.73 Å². The van der Waals surface area contributed by atoms with Crippen molar-refractivity contribution in [2.75, 3.05) is 18.0 Å². The molecule has 3 N–H and O–H groups in total. The fourth-order valence-corrected chi connectivity index (χ4v) is 2.23. The maximum absolute atomic E-state index is 13.1. The Morgan fingerprint density at radius 2 is 2.12 bits per heavy atom. The first kappa shape index (κ1) is 10.5. The molecule has 1 aliphatic rings. The Kier molecular flexibility index (Phi) is 2.48. The molecular weight excluding hydrogens is 219 g/mol. The Bertz CT molecular complexity index is 528. The molecule has 1 fully saturated rings. The summed E-state index contributed by atoms with van der Waals surface area (Å²) in [6, 6.07) is 4.90. The van der Waals surface area contributed by atoms with E-state index in [1.54, 1.807) is 6.07 Å². The zero-order valence-corrected chi connectivity index (χ0v) is 9.49. The molecule has 17 heavy (non-hydrogen) atoms. The van der Waals surface area contributed by atoms with Crippen LogP contribution in [-0.2, 0) is 0 Å². The summed E-state index contributed by atoms with van der Waals surface area (Å²) in [5, 5.41) is 0. The zero-order valence-electron chi connectivity index (χ0n) is 9.49. The minimum absolute atomic E-state index is 0.242. The van der Waals surface area contributed by atoms with Crippen molar-refractivity contribution in [3.63, 3.8) is 0 Å². The Labute approximate surface area is 98.6 Å². The SMILES string of the molecule is NC1CCN(c2nc3ccc(F)cc3[nH]2)CC1. The molecule has 3 rings (SSSR count). The maximum Gasteiger partial charge on any atom is 0.203 e. The highest BCUT2D eigenvalue weighted by molar-refractivity contribution is 5.77. The number of imidazole rings is 1. The van der Waals surface area contributed by atoms with Gasteiger partial charge in [0.2, 0.25) is 5.95 Å². The number of aromatic nitrogens is 2. The van der Waals surface area contributed by atoms with Crippen LogP contribution in [0.5, 0.6) is 0 Å². The number of anilines is 1. The van der Waals surface area contributed by atoms with Gasteiger partial charge in [0, 0.05) is 19.1 Å². The van der Waals surface area contributed by atoms with Gasteiger partial charge in [-0.1, -0.05) is 0 Å². The van der Waals surface area contributed by atoms with E-state index in [1.165, 1.54) is 12.1 Å². The number of benzene rings is 1. The van der Waals surface area contributed by atoms with Crippen LogP contribution in [0.15, 0.2) is 18.2 Å². The van der Waals surface area contributed by atoms with Gasteiger partial charge in [-0.05, 0) is 31.0 Å². The predicted octanol–water partition coefficient (Wildman–Crippen LogP) is 1.63. The summed E-state index contributed by atoms with van der Waals surface area (Å²) in [4.78, 5) is 9.79. The van der Waals surface area contributed by atoms with E-state index in [-0.39, 0.29) is 5.82 Å². The minimum Gasteiger partial charge on any atom is -0.342 e. The molecule has 2 aromatic rings. The van der Waals surface area contributed by atoms with Crippen LogP contribution in [0.2, 0.25) is 0 Å². The second-order valence-corrected chi connectivity index (χ2v) is 4.55. The lowest BCUT2D eigenvalue weighted by molar-refractivity contribution is 0.497. The quantitative estimate of drug-likeness (QED) is 0.788. The van der Waals surface area contributed by atoms with Crippen molar-refractivity contribution in [2.45, 2.75) is 18.9 Å². The summed E-state index contributed by atoms with van der Waals surface area (Å²) in [6.07, 6.45) is 1.96. The summed E-state index contributed by atoms with van der Waals surface area (Å²) < 4.78 is 13.1. The molecule has 0 radical (unpaired) electrons. The fourth-order valence-electron chi connectivity index (χ4n) is 2.23. The van der Waals surface area contributed by atoms with E-state index in [0.29, 0.717) is 6.04 Å². The number of rotatable bonds is 1. The molecule has 0 atom stereocenters. The smallest absolute Gasteiger partial charge is 0.203 e. The third-order valence-electron chi connectivity index (χ3n) is 3.27. The topological polar surface area (TPSA) is 57.9 Å². The van der Waals surface area contributed by atoms with E-state index < -0.39 is 0 Å². The molecule has 1 aromatic carbocycles. The number of piperidine rings is 1. The monoisotopic (exact) mass is 234 g/mol. The van der Waals surface area contributed by atoms with Gasteiger partial charge in [-0.15, -0.1) is 0 Å². The first-order valence-electron chi connectivity index (χ1n) is 5.88. The standard InChI is InChI=1S/C12H15FN4/c13-8-1-2-10-11(7-8)16-12(15-10)17-5-3-9(14)4-6-17/h1-2,7,9H,3-6,14H2,(H,15,16). The number of hydrogen-bond donors (Lipinski definition) is 2. The molecule has 0 unspecified atom stereocenters. The van der Waals surface area contributed by atoms with E-state index >= 15 is 0 Å². The van der Waals surface area contributed by atoms with Crippen molar-refractivity contribution >= 4 is 17.0 Å². The van der Waals surface area contributed by atoms with Crippen LogP contribution in [0.4, 0.5) is 10.3 Å². The number of H-pyrrole nitrogens is 1. The van der Waals surface area contributed by atoms with E-state index in [1.807, 2.05) is 0 Å². The Balaban J connectivity index is 1.90. The van der Waals surface area contributed by atoms with Gasteiger partial charge >= 0.3 is 0 Å². The molecular formula is C12H15FN4.